The maximum Gasteiger partial charge on any atom is 0.323 e. The second kappa shape index (κ2) is 14.8. The third kappa shape index (κ3) is 5.72. The topological polar surface area (TPSA) is 77.9 Å². The molecule has 2 unspecified atom stereocenters. The number of hydrogen-bond donors (Lipinski definition) is 1. The third-order valence-electron chi connectivity index (χ3n) is 18.4. The summed E-state index contributed by atoms with van der Waals surface area (Å²) < 4.78 is 0. The highest BCUT2D eigenvalue weighted by Crippen LogP contribution is 2.57. The second-order valence-corrected chi connectivity index (χ2v) is 23.2. The number of rotatable bonds is 6. The Bertz CT molecular complexity index is 4290. The van der Waals surface area contributed by atoms with Gasteiger partial charge in [0.1, 0.15) is 6.54 Å². The molecule has 0 bridgehead atoms. The van der Waals surface area contributed by atoms with E-state index < -0.39 is 24.3 Å². The molecule has 0 spiro atoms. The number of hydrogen-bond acceptors (Lipinski definition) is 4. The lowest BCUT2D eigenvalue weighted by molar-refractivity contribution is -0.137. The Morgan fingerprint density at radius 3 is 1.65 bits per heavy atom. The summed E-state index contributed by atoms with van der Waals surface area (Å²) in [6.45, 7) is 13.6. The molecule has 10 aromatic rings. The molecule has 15 rings (SSSR count). The summed E-state index contributed by atoms with van der Waals surface area (Å²) >= 11 is 0. The first-order valence-corrected chi connectivity index (χ1v) is 26.2. The van der Waals surface area contributed by atoms with E-state index in [-0.39, 0.29) is 16.2 Å². The van der Waals surface area contributed by atoms with Crippen LogP contribution < -0.4 is 4.90 Å². The number of allylic oxidation sites excluding steroid dienone is 4. The Labute approximate surface area is 435 Å². The first-order chi connectivity index (χ1) is 36.1. The van der Waals surface area contributed by atoms with Crippen molar-refractivity contribution in [1.29, 1.82) is 0 Å². The molecule has 75 heavy (non-hydrogen) atoms. The molecular weight excluding hydrogens is 921 g/mol. The zero-order chi connectivity index (χ0) is 51.2. The van der Waals surface area contributed by atoms with E-state index in [1.807, 2.05) is 12.1 Å². The van der Waals surface area contributed by atoms with Crippen molar-refractivity contribution in [2.24, 2.45) is 5.92 Å². The van der Waals surface area contributed by atoms with Crippen LogP contribution in [0.15, 0.2) is 176 Å². The molecule has 0 radical (unpaired) electrons. The Morgan fingerprint density at radius 2 is 0.987 bits per heavy atom. The first-order valence-electron chi connectivity index (χ1n) is 26.2. The van der Waals surface area contributed by atoms with E-state index in [1.165, 1.54) is 55.6 Å². The first kappa shape index (κ1) is 43.9. The summed E-state index contributed by atoms with van der Waals surface area (Å²) in [7, 11) is 0. The predicted molar refractivity (Wildman–Crippen MR) is 303 cm³/mol. The number of carboxylic acid groups (broad SMARTS) is 1. The molecule has 5 aliphatic rings. The minimum Gasteiger partial charge on any atom is -0.480 e. The highest BCUT2D eigenvalue weighted by atomic mass is 16.4. The molecule has 10 aromatic carbocycles. The van der Waals surface area contributed by atoms with E-state index in [0.717, 1.165) is 70.8 Å². The van der Waals surface area contributed by atoms with E-state index in [1.54, 1.807) is 12.1 Å². The van der Waals surface area contributed by atoms with Gasteiger partial charge in [-0.15, -0.1) is 0 Å². The van der Waals surface area contributed by atoms with Crippen LogP contribution in [-0.4, -0.2) is 34.3 Å². The van der Waals surface area contributed by atoms with Crippen LogP contribution in [0.4, 0.5) is 17.1 Å². The van der Waals surface area contributed by atoms with Gasteiger partial charge < -0.3 is 10.0 Å². The molecule has 0 fully saturated rings. The SMILES string of the molecule is CC1(C)c2ccccc2-c2ccc(N(c3ccc4c(c3)C(C)(C)c3cc(-c5ccc6c7ccc8c9c(ccc(c%10cccc5c%106)c97)C(=O)N(CC(=O)O)C8=O)ccc3-4)c3ccc4c(c3)C(C)(C)C3C=CC=CC43)cc21. The van der Waals surface area contributed by atoms with Crippen LogP contribution in [0.2, 0.25) is 0 Å². The smallest absolute Gasteiger partial charge is 0.323 e. The number of nitrogens with zero attached hydrogens (tertiary/aromatic N) is 2. The highest BCUT2D eigenvalue weighted by Gasteiger charge is 2.45. The minimum atomic E-state index is -1.24. The van der Waals surface area contributed by atoms with Crippen molar-refractivity contribution in [1.82, 2.24) is 4.90 Å². The van der Waals surface area contributed by atoms with Crippen molar-refractivity contribution in [3.63, 3.8) is 0 Å². The van der Waals surface area contributed by atoms with E-state index in [4.69, 9.17) is 0 Å². The fraction of sp³-hybridized carbons (Fsp3) is 0.174. The van der Waals surface area contributed by atoms with Crippen molar-refractivity contribution in [3.05, 3.63) is 220 Å². The number of aliphatic carboxylic acids is 1. The predicted octanol–water partition coefficient (Wildman–Crippen LogP) is 16.3. The fourth-order valence-electron chi connectivity index (χ4n) is 14.7. The zero-order valence-corrected chi connectivity index (χ0v) is 42.7. The van der Waals surface area contributed by atoms with Gasteiger partial charge in [0.15, 0.2) is 0 Å². The van der Waals surface area contributed by atoms with Crippen LogP contribution >= 0.6 is 0 Å². The lowest BCUT2D eigenvalue weighted by Gasteiger charge is -2.31. The maximum atomic E-state index is 13.7. The van der Waals surface area contributed by atoms with Crippen LogP contribution in [0.25, 0.3) is 76.5 Å². The summed E-state index contributed by atoms with van der Waals surface area (Å²) in [4.78, 5) is 42.4. The molecular formula is C69H52N2O4. The highest BCUT2D eigenvalue weighted by molar-refractivity contribution is 6.39. The monoisotopic (exact) mass is 972 g/mol. The summed E-state index contributed by atoms with van der Waals surface area (Å²) in [5.41, 5.74) is 19.1. The average Bonchev–Trinajstić information content (AvgIpc) is 3.97. The Hall–Kier alpha value is -8.61. The van der Waals surface area contributed by atoms with Gasteiger partial charge in [-0.2, -0.15) is 0 Å². The molecule has 0 aromatic heterocycles. The van der Waals surface area contributed by atoms with Crippen LogP contribution in [0.5, 0.6) is 0 Å². The molecule has 0 saturated heterocycles. The third-order valence-corrected chi connectivity index (χ3v) is 18.4. The van der Waals surface area contributed by atoms with Gasteiger partial charge >= 0.3 is 5.97 Å². The van der Waals surface area contributed by atoms with Crippen molar-refractivity contribution in [2.45, 2.75) is 63.7 Å². The van der Waals surface area contributed by atoms with Crippen molar-refractivity contribution in [2.75, 3.05) is 11.4 Å². The number of amides is 2. The van der Waals surface area contributed by atoms with Crippen molar-refractivity contribution in [3.8, 4) is 33.4 Å². The summed E-state index contributed by atoms with van der Waals surface area (Å²) in [6.07, 6.45) is 9.22. The van der Waals surface area contributed by atoms with Gasteiger partial charge in [-0.3, -0.25) is 19.3 Å². The van der Waals surface area contributed by atoms with Gasteiger partial charge in [0, 0.05) is 50.3 Å². The number of fused-ring (bicyclic) bond motifs is 11. The van der Waals surface area contributed by atoms with E-state index in [2.05, 4.69) is 198 Å². The number of carbonyl (C=O) groups is 3. The van der Waals surface area contributed by atoms with Gasteiger partial charge in [-0.05, 0) is 170 Å². The lowest BCUT2D eigenvalue weighted by atomic mass is 9.74. The number of benzene rings is 10. The minimum absolute atomic E-state index is 0.0371. The number of anilines is 3. The molecule has 4 aliphatic carbocycles. The van der Waals surface area contributed by atoms with Gasteiger partial charge in [0.2, 0.25) is 0 Å². The molecule has 2 atom stereocenters. The van der Waals surface area contributed by atoms with Gasteiger partial charge in [0.05, 0.1) is 0 Å². The van der Waals surface area contributed by atoms with Crippen molar-refractivity contribution < 1.29 is 19.5 Å². The van der Waals surface area contributed by atoms with Crippen LogP contribution in [0.1, 0.15) is 102 Å². The van der Waals surface area contributed by atoms with Crippen LogP contribution in [-0.2, 0) is 21.0 Å². The van der Waals surface area contributed by atoms with Gasteiger partial charge in [-0.25, -0.2) is 0 Å². The largest absolute Gasteiger partial charge is 0.480 e. The van der Waals surface area contributed by atoms with Crippen LogP contribution in [0, 0.1) is 5.92 Å². The van der Waals surface area contributed by atoms with E-state index >= 15 is 0 Å². The van der Waals surface area contributed by atoms with Crippen molar-refractivity contribution >= 4 is 77.9 Å². The fourth-order valence-corrected chi connectivity index (χ4v) is 14.7. The number of carbonyl (C=O) groups excluding carboxylic acids is 2. The van der Waals surface area contributed by atoms with Gasteiger partial charge in [0.25, 0.3) is 11.8 Å². The van der Waals surface area contributed by atoms with Gasteiger partial charge in [-0.1, -0.05) is 163 Å². The quantitative estimate of drug-likeness (QED) is 0.102. The second-order valence-electron chi connectivity index (χ2n) is 23.2. The molecule has 1 heterocycles. The molecule has 0 saturated carbocycles. The zero-order valence-electron chi connectivity index (χ0n) is 42.7. The standard InChI is InChI=1S/C69H52N2O4/c1-67(2)55-16-9-7-12-42(55)45-23-19-38(33-58(45)67)71(39-20-24-46-43-13-8-10-17-56(43)68(3,4)59(46)34-39)40-21-25-47-44-22-18-37(32-57(44)69(5,6)60(47)35-40)41-26-27-50-52-29-31-54-64-53(65(74)70(66(54)75)36-61(72)73)30-28-51(63(52)64)49-15-11-14-48(41)62(49)50/h7-35,42,55H,36H2,1-6H3,(H,72,73). The Morgan fingerprint density at radius 1 is 0.480 bits per heavy atom. The van der Waals surface area contributed by atoms with E-state index in [0.29, 0.717) is 28.3 Å². The molecule has 362 valence electrons. The van der Waals surface area contributed by atoms with Crippen LogP contribution in [0.3, 0.4) is 0 Å². The summed E-state index contributed by atoms with van der Waals surface area (Å²) in [5, 5.41) is 17.2. The Kier molecular flexibility index (Phi) is 8.66. The summed E-state index contributed by atoms with van der Waals surface area (Å²) in [5.74, 6) is -1.62. The molecule has 1 aliphatic heterocycles. The number of carboxylic acids is 1. The average molecular weight is 973 g/mol. The normalized spacial score (nSPS) is 18.7. The summed E-state index contributed by atoms with van der Waals surface area (Å²) in [6, 6.07) is 55.6. The lowest BCUT2D eigenvalue weighted by Crippen LogP contribution is -2.43. The molecule has 6 heteroatoms. The van der Waals surface area contributed by atoms with E-state index in [9.17, 15) is 19.5 Å². The molecule has 2 amide bonds. The Balaban J connectivity index is 0.852. The molecule has 6 nitrogen and oxygen atoms in total. The molecule has 1 N–H and O–H groups in total. The number of imide groups is 1. The maximum absolute atomic E-state index is 13.7.